The van der Waals surface area contributed by atoms with Gasteiger partial charge in [-0.15, -0.1) is 0 Å². The highest BCUT2D eigenvalue weighted by Crippen LogP contribution is 2.40. The fourth-order valence-corrected chi connectivity index (χ4v) is 3.86. The van der Waals surface area contributed by atoms with Gasteiger partial charge in [-0.1, -0.05) is 13.8 Å². The van der Waals surface area contributed by atoms with E-state index in [1.165, 1.54) is 4.90 Å². The number of nitrogens with two attached hydrogens (primary N) is 2. The summed E-state index contributed by atoms with van der Waals surface area (Å²) in [7, 11) is 0. The number of carbonyl (C=O) groups excluding carboxylic acids is 5. The van der Waals surface area contributed by atoms with Crippen molar-refractivity contribution in [3.63, 3.8) is 0 Å². The number of rotatable bonds is 6. The van der Waals surface area contributed by atoms with E-state index in [9.17, 15) is 24.0 Å². The van der Waals surface area contributed by atoms with Crippen molar-refractivity contribution in [1.29, 1.82) is 0 Å². The molecule has 0 radical (unpaired) electrons. The lowest BCUT2D eigenvalue weighted by Gasteiger charge is -2.30. The maximum atomic E-state index is 12.8. The number of nitrogens with zero attached hydrogens (tertiary/aromatic N) is 1. The number of primary amides is 2. The molecule has 2 fully saturated rings. The lowest BCUT2D eigenvalue weighted by molar-refractivity contribution is -0.142. The number of hydrogen-bond donors (Lipinski definition) is 3. The van der Waals surface area contributed by atoms with E-state index in [0.717, 1.165) is 0 Å². The van der Waals surface area contributed by atoms with Gasteiger partial charge in [-0.2, -0.15) is 0 Å². The van der Waals surface area contributed by atoms with Crippen LogP contribution in [0.3, 0.4) is 0 Å². The number of likely N-dealkylation sites (tertiary alicyclic amines) is 1. The van der Waals surface area contributed by atoms with Crippen molar-refractivity contribution in [3.8, 4) is 0 Å². The predicted octanol–water partition coefficient (Wildman–Crippen LogP) is -1.17. The van der Waals surface area contributed by atoms with Crippen molar-refractivity contribution >= 4 is 29.4 Å². The van der Waals surface area contributed by atoms with Crippen molar-refractivity contribution in [2.45, 2.75) is 58.0 Å². The Labute approximate surface area is 151 Å². The number of amides is 4. The fraction of sp³-hybridized carbons (Fsp3) is 0.706. The van der Waals surface area contributed by atoms with Gasteiger partial charge in [0, 0.05) is 19.4 Å². The molecule has 1 aliphatic carbocycles. The monoisotopic (exact) mass is 366 g/mol. The van der Waals surface area contributed by atoms with Crippen LogP contribution in [0.1, 0.15) is 46.0 Å². The smallest absolute Gasteiger partial charge is 0.246 e. The molecule has 0 bridgehead atoms. The van der Waals surface area contributed by atoms with Crippen molar-refractivity contribution < 1.29 is 24.0 Å². The molecule has 0 aromatic rings. The summed E-state index contributed by atoms with van der Waals surface area (Å²) in [6.07, 6.45) is 1.07. The van der Waals surface area contributed by atoms with Gasteiger partial charge in [-0.25, -0.2) is 0 Å². The predicted molar refractivity (Wildman–Crippen MR) is 91.2 cm³/mol. The molecule has 1 unspecified atom stereocenters. The lowest BCUT2D eigenvalue weighted by atomic mass is 9.81. The summed E-state index contributed by atoms with van der Waals surface area (Å²) in [4.78, 5) is 61.4. The Hall–Kier alpha value is -2.45. The molecule has 26 heavy (non-hydrogen) atoms. The molecule has 144 valence electrons. The number of carbonyl (C=O) groups is 5. The van der Waals surface area contributed by atoms with Crippen LogP contribution in [0.5, 0.6) is 0 Å². The fourth-order valence-electron chi connectivity index (χ4n) is 3.86. The van der Waals surface area contributed by atoms with E-state index in [0.29, 0.717) is 19.4 Å². The van der Waals surface area contributed by atoms with Gasteiger partial charge in [-0.3, -0.25) is 24.0 Å². The highest BCUT2D eigenvalue weighted by molar-refractivity contribution is 5.97. The molecule has 5 N–H and O–H groups in total. The Bertz CT molecular complexity index is 645. The Balaban J connectivity index is 2.15. The Morgan fingerprint density at radius 3 is 2.42 bits per heavy atom. The first kappa shape index (κ1) is 19.9. The second kappa shape index (κ2) is 7.43. The molecule has 1 saturated heterocycles. The first-order chi connectivity index (χ1) is 12.0. The van der Waals surface area contributed by atoms with Crippen LogP contribution in [0.25, 0.3) is 0 Å². The van der Waals surface area contributed by atoms with Gasteiger partial charge >= 0.3 is 0 Å². The molecule has 9 heteroatoms. The standard InChI is InChI=1S/C17H26N4O5/c1-17(2)8-9(22)6-10(17)15(25)20-11(7-13(18)23)16(26)21-5-3-4-12(21)14(19)24/h10-12H,3-8H2,1-2H3,(H2,18,23)(H2,19,24)(H,20,25)/t10?,11-,12-/m0/s1. The molecule has 0 spiro atoms. The summed E-state index contributed by atoms with van der Waals surface area (Å²) in [6.45, 7) is 3.96. The highest BCUT2D eigenvalue weighted by Gasteiger charge is 2.45. The van der Waals surface area contributed by atoms with E-state index in [4.69, 9.17) is 11.5 Å². The Morgan fingerprint density at radius 1 is 1.27 bits per heavy atom. The zero-order valence-electron chi connectivity index (χ0n) is 15.1. The lowest BCUT2D eigenvalue weighted by Crippen LogP contribution is -2.55. The van der Waals surface area contributed by atoms with Crippen LogP contribution in [0.15, 0.2) is 0 Å². The topological polar surface area (TPSA) is 153 Å². The van der Waals surface area contributed by atoms with Gasteiger partial charge in [0.15, 0.2) is 0 Å². The minimum absolute atomic E-state index is 0.0127. The molecule has 0 aromatic carbocycles. The highest BCUT2D eigenvalue weighted by atomic mass is 16.2. The number of ketones is 1. The summed E-state index contributed by atoms with van der Waals surface area (Å²) in [5.74, 6) is -2.98. The summed E-state index contributed by atoms with van der Waals surface area (Å²) in [6, 6.07) is -1.93. The summed E-state index contributed by atoms with van der Waals surface area (Å²) >= 11 is 0. The molecule has 1 heterocycles. The molecule has 1 aliphatic heterocycles. The van der Waals surface area contributed by atoms with Gasteiger partial charge in [0.05, 0.1) is 12.3 Å². The maximum absolute atomic E-state index is 12.8. The SMILES string of the molecule is CC1(C)CC(=O)CC1C(=O)N[C@@H](CC(N)=O)C(=O)N1CCC[C@H]1C(N)=O. The maximum Gasteiger partial charge on any atom is 0.246 e. The zero-order chi connectivity index (χ0) is 19.6. The number of hydrogen-bond acceptors (Lipinski definition) is 5. The van der Waals surface area contributed by atoms with Gasteiger partial charge in [0.25, 0.3) is 0 Å². The third-order valence-corrected chi connectivity index (χ3v) is 5.23. The molecule has 3 atom stereocenters. The van der Waals surface area contributed by atoms with Crippen molar-refractivity contribution in [2.75, 3.05) is 6.54 Å². The summed E-state index contributed by atoms with van der Waals surface area (Å²) < 4.78 is 0. The number of nitrogens with one attached hydrogen (secondary N) is 1. The third-order valence-electron chi connectivity index (χ3n) is 5.23. The van der Waals surface area contributed by atoms with Crippen LogP contribution in [-0.4, -0.2) is 52.9 Å². The van der Waals surface area contributed by atoms with E-state index in [1.54, 1.807) is 0 Å². The first-order valence-corrected chi connectivity index (χ1v) is 8.73. The molecule has 2 aliphatic rings. The van der Waals surface area contributed by atoms with Crippen LogP contribution in [0, 0.1) is 11.3 Å². The third kappa shape index (κ3) is 4.20. The minimum atomic E-state index is -1.17. The second-order valence-electron chi connectivity index (χ2n) is 7.78. The molecule has 4 amide bonds. The van der Waals surface area contributed by atoms with Crippen molar-refractivity contribution in [3.05, 3.63) is 0 Å². The van der Waals surface area contributed by atoms with Crippen LogP contribution < -0.4 is 16.8 Å². The minimum Gasteiger partial charge on any atom is -0.370 e. The molecule has 2 rings (SSSR count). The van der Waals surface area contributed by atoms with Crippen LogP contribution >= 0.6 is 0 Å². The van der Waals surface area contributed by atoms with E-state index in [-0.39, 0.29) is 25.0 Å². The van der Waals surface area contributed by atoms with Crippen LogP contribution in [-0.2, 0) is 24.0 Å². The van der Waals surface area contributed by atoms with Crippen molar-refractivity contribution in [1.82, 2.24) is 10.2 Å². The van der Waals surface area contributed by atoms with E-state index < -0.39 is 47.0 Å². The average molecular weight is 366 g/mol. The molecule has 1 saturated carbocycles. The number of Topliss-reactive ketones (excluding diaryl/α,β-unsaturated/α-hetero) is 1. The molecule has 9 nitrogen and oxygen atoms in total. The van der Waals surface area contributed by atoms with E-state index >= 15 is 0 Å². The molecule has 0 aromatic heterocycles. The summed E-state index contributed by atoms with van der Waals surface area (Å²) in [5, 5.41) is 2.57. The Kier molecular flexibility index (Phi) is 5.68. The van der Waals surface area contributed by atoms with E-state index in [1.807, 2.05) is 13.8 Å². The average Bonchev–Trinajstić information content (AvgIpc) is 3.09. The van der Waals surface area contributed by atoms with Gasteiger partial charge < -0.3 is 21.7 Å². The largest absolute Gasteiger partial charge is 0.370 e. The summed E-state index contributed by atoms with van der Waals surface area (Å²) in [5.41, 5.74) is 10.0. The normalized spacial score (nSPS) is 25.8. The van der Waals surface area contributed by atoms with Gasteiger partial charge in [-0.05, 0) is 18.3 Å². The quantitative estimate of drug-likeness (QED) is 0.540. The Morgan fingerprint density at radius 2 is 1.92 bits per heavy atom. The van der Waals surface area contributed by atoms with Gasteiger partial charge in [0.2, 0.25) is 23.6 Å². The van der Waals surface area contributed by atoms with E-state index in [2.05, 4.69) is 5.32 Å². The van der Waals surface area contributed by atoms with Crippen molar-refractivity contribution in [2.24, 2.45) is 22.8 Å². The van der Waals surface area contributed by atoms with Gasteiger partial charge in [0.1, 0.15) is 17.9 Å². The van der Waals surface area contributed by atoms with Crippen LogP contribution in [0.4, 0.5) is 0 Å². The van der Waals surface area contributed by atoms with Crippen LogP contribution in [0.2, 0.25) is 0 Å². The second-order valence-corrected chi connectivity index (χ2v) is 7.78. The zero-order valence-corrected chi connectivity index (χ0v) is 15.1. The first-order valence-electron chi connectivity index (χ1n) is 8.73. The molecular weight excluding hydrogens is 340 g/mol. The molecular formula is C17H26N4O5.